The highest BCUT2D eigenvalue weighted by molar-refractivity contribution is 6.42. The Labute approximate surface area is 201 Å². The lowest BCUT2D eigenvalue weighted by atomic mass is 10.1. The van der Waals surface area contributed by atoms with Gasteiger partial charge in [0, 0.05) is 24.7 Å². The van der Waals surface area contributed by atoms with Crippen molar-refractivity contribution in [2.75, 3.05) is 6.54 Å². The standard InChI is InChI=1S/C26H32Cl2FN3/c1-4-6-14-31(18-21-11-9-13-23(27)25(21)28)19(3)24-17-30-26(32(24)15-7-5-2)20-10-8-12-22(29)16-20/h8-13,16-17,19H,4-7,14-15,18H2,1-3H3. The highest BCUT2D eigenvalue weighted by Crippen LogP contribution is 2.32. The lowest BCUT2D eigenvalue weighted by Gasteiger charge is -2.30. The zero-order valence-corrected chi connectivity index (χ0v) is 20.6. The van der Waals surface area contributed by atoms with Crippen LogP contribution >= 0.6 is 23.2 Å². The van der Waals surface area contributed by atoms with Gasteiger partial charge in [-0.1, -0.05) is 74.2 Å². The van der Waals surface area contributed by atoms with Crippen LogP contribution in [0.5, 0.6) is 0 Å². The molecule has 1 atom stereocenters. The number of hydrogen-bond acceptors (Lipinski definition) is 2. The molecule has 32 heavy (non-hydrogen) atoms. The van der Waals surface area contributed by atoms with Gasteiger partial charge in [-0.05, 0) is 50.1 Å². The van der Waals surface area contributed by atoms with Gasteiger partial charge in [-0.25, -0.2) is 9.37 Å². The Hall–Kier alpha value is -1.88. The van der Waals surface area contributed by atoms with Gasteiger partial charge in [0.1, 0.15) is 11.6 Å². The monoisotopic (exact) mass is 475 g/mol. The van der Waals surface area contributed by atoms with Crippen LogP contribution in [0.4, 0.5) is 4.39 Å². The van der Waals surface area contributed by atoms with Crippen molar-refractivity contribution in [2.45, 2.75) is 65.6 Å². The molecule has 0 aliphatic rings. The van der Waals surface area contributed by atoms with Crippen molar-refractivity contribution in [2.24, 2.45) is 0 Å². The van der Waals surface area contributed by atoms with Gasteiger partial charge in [-0.3, -0.25) is 4.90 Å². The fourth-order valence-electron chi connectivity index (χ4n) is 3.98. The van der Waals surface area contributed by atoms with Crippen LogP contribution in [0.1, 0.15) is 63.8 Å². The summed E-state index contributed by atoms with van der Waals surface area (Å²) in [5.41, 5.74) is 2.96. The van der Waals surface area contributed by atoms with E-state index in [-0.39, 0.29) is 11.9 Å². The summed E-state index contributed by atoms with van der Waals surface area (Å²) in [5, 5.41) is 1.19. The van der Waals surface area contributed by atoms with Crippen molar-refractivity contribution in [3.05, 3.63) is 75.8 Å². The number of aromatic nitrogens is 2. The first kappa shape index (κ1) is 24.8. The number of nitrogens with zero attached hydrogens (tertiary/aromatic N) is 3. The van der Waals surface area contributed by atoms with E-state index < -0.39 is 0 Å². The average Bonchev–Trinajstić information content (AvgIpc) is 3.21. The second-order valence-corrected chi connectivity index (χ2v) is 9.02. The van der Waals surface area contributed by atoms with Gasteiger partial charge in [0.05, 0.1) is 21.9 Å². The summed E-state index contributed by atoms with van der Waals surface area (Å²) < 4.78 is 16.2. The maximum Gasteiger partial charge on any atom is 0.140 e. The molecule has 1 unspecified atom stereocenters. The van der Waals surface area contributed by atoms with Gasteiger partial charge in [-0.2, -0.15) is 0 Å². The van der Waals surface area contributed by atoms with Crippen LogP contribution < -0.4 is 0 Å². The molecule has 0 amide bonds. The Morgan fingerprint density at radius 1 is 1.06 bits per heavy atom. The highest BCUT2D eigenvalue weighted by Gasteiger charge is 2.23. The van der Waals surface area contributed by atoms with Crippen LogP contribution in [0.3, 0.4) is 0 Å². The summed E-state index contributed by atoms with van der Waals surface area (Å²) in [6, 6.07) is 12.6. The molecule has 1 heterocycles. The molecule has 0 radical (unpaired) electrons. The first-order valence-electron chi connectivity index (χ1n) is 11.4. The van der Waals surface area contributed by atoms with E-state index in [0.29, 0.717) is 16.6 Å². The van der Waals surface area contributed by atoms with E-state index in [4.69, 9.17) is 28.2 Å². The highest BCUT2D eigenvalue weighted by atomic mass is 35.5. The van der Waals surface area contributed by atoms with Crippen LogP contribution in [0, 0.1) is 5.82 Å². The summed E-state index contributed by atoms with van der Waals surface area (Å²) in [4.78, 5) is 7.15. The Bertz CT molecular complexity index is 1020. The van der Waals surface area contributed by atoms with Gasteiger partial charge < -0.3 is 4.57 Å². The van der Waals surface area contributed by atoms with Gasteiger partial charge in [0.15, 0.2) is 0 Å². The van der Waals surface area contributed by atoms with Gasteiger partial charge >= 0.3 is 0 Å². The van der Waals surface area contributed by atoms with Crippen LogP contribution in [0.25, 0.3) is 11.4 Å². The van der Waals surface area contributed by atoms with Crippen molar-refractivity contribution in [1.29, 1.82) is 0 Å². The van der Waals surface area contributed by atoms with Crippen molar-refractivity contribution in [1.82, 2.24) is 14.5 Å². The topological polar surface area (TPSA) is 21.1 Å². The molecule has 0 bridgehead atoms. The van der Waals surface area contributed by atoms with Gasteiger partial charge in [0.2, 0.25) is 0 Å². The summed E-state index contributed by atoms with van der Waals surface area (Å²) in [5.74, 6) is 0.568. The molecule has 1 aromatic heterocycles. The van der Waals surface area contributed by atoms with E-state index >= 15 is 0 Å². The fraction of sp³-hybridized carbons (Fsp3) is 0.423. The van der Waals surface area contributed by atoms with Crippen LogP contribution in [-0.2, 0) is 13.1 Å². The molecule has 3 nitrogen and oxygen atoms in total. The van der Waals surface area contributed by atoms with E-state index in [1.165, 1.54) is 6.07 Å². The molecular formula is C26H32Cl2FN3. The zero-order valence-electron chi connectivity index (χ0n) is 19.1. The first-order valence-corrected chi connectivity index (χ1v) is 12.2. The van der Waals surface area contributed by atoms with E-state index in [9.17, 15) is 4.39 Å². The number of benzene rings is 2. The molecule has 6 heteroatoms. The maximum atomic E-state index is 13.9. The third-order valence-corrected chi connectivity index (χ3v) is 6.74. The van der Waals surface area contributed by atoms with Gasteiger partial charge in [0.25, 0.3) is 0 Å². The Kier molecular flexibility index (Phi) is 9.15. The van der Waals surface area contributed by atoms with Crippen LogP contribution in [-0.4, -0.2) is 21.0 Å². The predicted octanol–water partition coefficient (Wildman–Crippen LogP) is 8.16. The molecular weight excluding hydrogens is 444 g/mol. The van der Waals surface area contributed by atoms with Gasteiger partial charge in [-0.15, -0.1) is 0 Å². The van der Waals surface area contributed by atoms with Crippen molar-refractivity contribution in [3.8, 4) is 11.4 Å². The maximum absolute atomic E-state index is 13.9. The lowest BCUT2D eigenvalue weighted by Crippen LogP contribution is -2.29. The smallest absolute Gasteiger partial charge is 0.140 e. The molecule has 2 aromatic carbocycles. The number of hydrogen-bond donors (Lipinski definition) is 0. The molecule has 0 spiro atoms. The van der Waals surface area contributed by atoms with Crippen molar-refractivity contribution in [3.63, 3.8) is 0 Å². The molecule has 0 fully saturated rings. The second kappa shape index (κ2) is 11.8. The SMILES string of the molecule is CCCCN(Cc1cccc(Cl)c1Cl)C(C)c1cnc(-c2cccc(F)c2)n1CCCC. The van der Waals surface area contributed by atoms with E-state index in [2.05, 4.69) is 30.2 Å². The predicted molar refractivity (Wildman–Crippen MR) is 133 cm³/mol. The first-order chi connectivity index (χ1) is 15.5. The molecule has 3 aromatic rings. The Balaban J connectivity index is 1.97. The zero-order chi connectivity index (χ0) is 23.1. The summed E-state index contributed by atoms with van der Waals surface area (Å²) in [7, 11) is 0. The van der Waals surface area contributed by atoms with Crippen LogP contribution in [0.15, 0.2) is 48.7 Å². The third-order valence-electron chi connectivity index (χ3n) is 5.88. The second-order valence-electron chi connectivity index (χ2n) is 8.24. The minimum Gasteiger partial charge on any atom is -0.327 e. The quantitative estimate of drug-likeness (QED) is 0.278. The number of imidazole rings is 1. The molecule has 0 saturated heterocycles. The largest absolute Gasteiger partial charge is 0.327 e. The summed E-state index contributed by atoms with van der Waals surface area (Å²) in [6.45, 7) is 9.08. The third kappa shape index (κ3) is 5.92. The molecule has 0 N–H and O–H groups in total. The summed E-state index contributed by atoms with van der Waals surface area (Å²) in [6.07, 6.45) is 6.25. The van der Waals surface area contributed by atoms with E-state index in [1.807, 2.05) is 30.5 Å². The average molecular weight is 476 g/mol. The molecule has 172 valence electrons. The molecule has 0 aliphatic heterocycles. The van der Waals surface area contributed by atoms with E-state index in [1.54, 1.807) is 12.1 Å². The fourth-order valence-corrected chi connectivity index (χ4v) is 4.36. The Morgan fingerprint density at radius 3 is 2.53 bits per heavy atom. The lowest BCUT2D eigenvalue weighted by molar-refractivity contribution is 0.191. The number of halogens is 3. The van der Waals surface area contributed by atoms with Crippen LogP contribution in [0.2, 0.25) is 10.0 Å². The molecule has 0 aliphatic carbocycles. The molecule has 3 rings (SSSR count). The normalized spacial score (nSPS) is 12.5. The summed E-state index contributed by atoms with van der Waals surface area (Å²) >= 11 is 12.8. The molecule has 0 saturated carbocycles. The number of unbranched alkanes of at least 4 members (excludes halogenated alkanes) is 2. The van der Waals surface area contributed by atoms with Crippen molar-refractivity contribution < 1.29 is 4.39 Å². The Morgan fingerprint density at radius 2 is 1.81 bits per heavy atom. The minimum atomic E-state index is -0.248. The number of rotatable bonds is 11. The van der Waals surface area contributed by atoms with Crippen molar-refractivity contribution >= 4 is 23.2 Å². The minimum absolute atomic E-state index is 0.114. The van der Waals surface area contributed by atoms with E-state index in [0.717, 1.165) is 61.4 Å².